The highest BCUT2D eigenvalue weighted by atomic mass is 16.5. The van der Waals surface area contributed by atoms with Gasteiger partial charge in [-0.05, 0) is 57.1 Å². The molecule has 1 N–H and O–H groups in total. The van der Waals surface area contributed by atoms with E-state index in [1.165, 1.54) is 0 Å². The Hall–Kier alpha value is -2.17. The molecule has 0 aromatic carbocycles. The van der Waals surface area contributed by atoms with Crippen molar-refractivity contribution >= 4 is 5.97 Å². The van der Waals surface area contributed by atoms with Crippen molar-refractivity contribution in [2.45, 2.75) is 92.5 Å². The molecule has 192 valence electrons. The molecule has 0 amide bonds. The first-order chi connectivity index (χ1) is 16.1. The summed E-state index contributed by atoms with van der Waals surface area (Å²) in [4.78, 5) is 12.5. The van der Waals surface area contributed by atoms with Gasteiger partial charge in [-0.3, -0.25) is 0 Å². The fraction of sp³-hybridized carbons (Fsp3) is 0.567. The van der Waals surface area contributed by atoms with Gasteiger partial charge in [-0.15, -0.1) is 6.58 Å². The van der Waals surface area contributed by atoms with Crippen molar-refractivity contribution in [3.63, 3.8) is 0 Å². The molecule has 0 aliphatic rings. The van der Waals surface area contributed by atoms with E-state index < -0.39 is 6.10 Å². The lowest BCUT2D eigenvalue weighted by molar-refractivity contribution is -0.146. The zero-order valence-electron chi connectivity index (χ0n) is 22.8. The number of hydrogen-bond donors (Lipinski definition) is 1. The third-order valence-electron chi connectivity index (χ3n) is 6.05. The van der Waals surface area contributed by atoms with E-state index in [4.69, 9.17) is 9.47 Å². The summed E-state index contributed by atoms with van der Waals surface area (Å²) < 4.78 is 11.7. The molecule has 0 spiro atoms. The Morgan fingerprint density at radius 2 is 1.71 bits per heavy atom. The molecule has 0 heterocycles. The van der Waals surface area contributed by atoms with Crippen molar-refractivity contribution in [2.24, 2.45) is 11.8 Å². The molecular formula is C30H48O4. The van der Waals surface area contributed by atoms with E-state index in [2.05, 4.69) is 66.0 Å². The van der Waals surface area contributed by atoms with E-state index in [9.17, 15) is 9.90 Å². The lowest BCUT2D eigenvalue weighted by Crippen LogP contribution is -2.24. The maximum atomic E-state index is 12.5. The van der Waals surface area contributed by atoms with Crippen molar-refractivity contribution in [3.8, 4) is 0 Å². The summed E-state index contributed by atoms with van der Waals surface area (Å²) in [5.41, 5.74) is 3.78. The van der Waals surface area contributed by atoms with Crippen LogP contribution in [0, 0.1) is 11.8 Å². The van der Waals surface area contributed by atoms with Crippen molar-refractivity contribution in [2.75, 3.05) is 7.11 Å². The molecule has 0 aliphatic heterocycles. The first kappa shape index (κ1) is 31.8. The number of aliphatic hydroxyl groups excluding tert-OH is 1. The molecule has 0 aromatic heterocycles. The predicted octanol–water partition coefficient (Wildman–Crippen LogP) is 7.28. The summed E-state index contributed by atoms with van der Waals surface area (Å²) in [5, 5.41) is 10.3. The van der Waals surface area contributed by atoms with Crippen molar-refractivity contribution in [1.29, 1.82) is 0 Å². The first-order valence-electron chi connectivity index (χ1n) is 12.4. The molecule has 4 nitrogen and oxygen atoms in total. The molecule has 34 heavy (non-hydrogen) atoms. The Morgan fingerprint density at radius 1 is 1.06 bits per heavy atom. The average molecular weight is 473 g/mol. The van der Waals surface area contributed by atoms with Crippen molar-refractivity contribution < 1.29 is 19.4 Å². The summed E-state index contributed by atoms with van der Waals surface area (Å²) in [6, 6.07) is 0. The quantitative estimate of drug-likeness (QED) is 0.111. The molecule has 0 aliphatic carbocycles. The van der Waals surface area contributed by atoms with Gasteiger partial charge in [0.05, 0.1) is 12.2 Å². The lowest BCUT2D eigenvalue weighted by atomic mass is 9.89. The van der Waals surface area contributed by atoms with E-state index in [-0.39, 0.29) is 30.0 Å². The molecular weight excluding hydrogens is 424 g/mol. The number of rotatable bonds is 16. The lowest BCUT2D eigenvalue weighted by Gasteiger charge is -2.25. The minimum atomic E-state index is -0.514. The van der Waals surface area contributed by atoms with Gasteiger partial charge in [-0.2, -0.15) is 0 Å². The normalized spacial score (nSPS) is 17.2. The van der Waals surface area contributed by atoms with Crippen LogP contribution in [0.15, 0.2) is 71.9 Å². The van der Waals surface area contributed by atoms with Crippen LogP contribution in [0.25, 0.3) is 0 Å². The predicted molar refractivity (Wildman–Crippen MR) is 145 cm³/mol. The van der Waals surface area contributed by atoms with Crippen LogP contribution in [0.4, 0.5) is 0 Å². The highest BCUT2D eigenvalue weighted by molar-refractivity contribution is 5.88. The molecule has 4 atom stereocenters. The summed E-state index contributed by atoms with van der Waals surface area (Å²) in [7, 11) is 1.73. The molecule has 0 fully saturated rings. The van der Waals surface area contributed by atoms with Crippen LogP contribution in [0.3, 0.4) is 0 Å². The Morgan fingerprint density at radius 3 is 2.18 bits per heavy atom. The molecule has 0 saturated carbocycles. The number of carbonyl (C=O) groups is 1. The molecule has 4 heteroatoms. The smallest absolute Gasteiger partial charge is 0.334 e. The van der Waals surface area contributed by atoms with Crippen LogP contribution in [0.2, 0.25) is 0 Å². The average Bonchev–Trinajstić information content (AvgIpc) is 2.79. The minimum absolute atomic E-state index is 0.0888. The first-order valence-corrected chi connectivity index (χ1v) is 12.4. The Bertz CT molecular complexity index is 767. The number of ether oxygens (including phenoxy) is 2. The molecule has 0 rings (SSSR count). The number of esters is 1. The van der Waals surface area contributed by atoms with Gasteiger partial charge in [0.15, 0.2) is 0 Å². The molecule has 0 unspecified atom stereocenters. The van der Waals surface area contributed by atoms with Crippen LogP contribution in [0.5, 0.6) is 0 Å². The summed E-state index contributed by atoms with van der Waals surface area (Å²) >= 11 is 0. The minimum Gasteiger partial charge on any atom is -0.458 e. The second-order valence-corrected chi connectivity index (χ2v) is 9.22. The molecule has 0 radical (unpaired) electrons. The summed E-state index contributed by atoms with van der Waals surface area (Å²) in [6.07, 6.45) is 13.3. The second-order valence-electron chi connectivity index (χ2n) is 9.22. The summed E-state index contributed by atoms with van der Waals surface area (Å²) in [5.74, 6) is 0.0816. The van der Waals surface area contributed by atoms with Crippen LogP contribution in [0.1, 0.15) is 74.1 Å². The van der Waals surface area contributed by atoms with Crippen molar-refractivity contribution in [1.82, 2.24) is 0 Å². The Balaban J connectivity index is 5.55. The van der Waals surface area contributed by atoms with Gasteiger partial charge in [-0.1, -0.05) is 76.3 Å². The van der Waals surface area contributed by atoms with E-state index in [1.54, 1.807) is 25.3 Å². The third-order valence-corrected chi connectivity index (χ3v) is 6.05. The second kappa shape index (κ2) is 17.3. The van der Waals surface area contributed by atoms with E-state index in [0.29, 0.717) is 24.8 Å². The summed E-state index contributed by atoms with van der Waals surface area (Å²) in [6.45, 7) is 21.7. The van der Waals surface area contributed by atoms with Gasteiger partial charge in [0.2, 0.25) is 0 Å². The van der Waals surface area contributed by atoms with Gasteiger partial charge < -0.3 is 14.6 Å². The van der Waals surface area contributed by atoms with Crippen LogP contribution >= 0.6 is 0 Å². The number of carbonyl (C=O) groups excluding carboxylic acids is 1. The third kappa shape index (κ3) is 11.3. The topological polar surface area (TPSA) is 55.8 Å². The van der Waals surface area contributed by atoms with Gasteiger partial charge in [0.25, 0.3) is 0 Å². The highest BCUT2D eigenvalue weighted by Gasteiger charge is 2.22. The molecule has 0 saturated heterocycles. The monoisotopic (exact) mass is 472 g/mol. The Kier molecular flexibility index (Phi) is 16.2. The van der Waals surface area contributed by atoms with E-state index in [1.807, 2.05) is 13.8 Å². The zero-order valence-corrected chi connectivity index (χ0v) is 22.8. The number of aliphatic hydroxyl groups is 1. The van der Waals surface area contributed by atoms with E-state index in [0.717, 1.165) is 23.1 Å². The van der Waals surface area contributed by atoms with Gasteiger partial charge in [0, 0.05) is 25.0 Å². The van der Waals surface area contributed by atoms with Gasteiger partial charge >= 0.3 is 5.97 Å². The molecule has 0 bridgehead atoms. The largest absolute Gasteiger partial charge is 0.458 e. The maximum absolute atomic E-state index is 12.5. The number of hydrogen-bond acceptors (Lipinski definition) is 4. The fourth-order valence-corrected chi connectivity index (χ4v) is 3.85. The van der Waals surface area contributed by atoms with Gasteiger partial charge in [0.1, 0.15) is 6.10 Å². The van der Waals surface area contributed by atoms with Crippen LogP contribution < -0.4 is 0 Å². The highest BCUT2D eigenvalue weighted by Crippen LogP contribution is 2.25. The standard InChI is InChI=1S/C30H48O4/c1-11-15-25(13-3)30(32)34-28(21(5)6)18-17-22(7)19-24(9)29(33-10)26(14-4)20-23(8)27(31)16-12-2/h11-12,15,17,19-21,26-29,31H,1-2,13-14,16,18H2,3-10H3/b22-17+,23-20-,24-19+,25-15+/t26-,27+,28+,29-/m1/s1. The van der Waals surface area contributed by atoms with Crippen LogP contribution in [-0.4, -0.2) is 36.5 Å². The number of methoxy groups -OCH3 is 1. The maximum Gasteiger partial charge on any atom is 0.334 e. The van der Waals surface area contributed by atoms with Crippen molar-refractivity contribution in [3.05, 3.63) is 71.9 Å². The molecule has 0 aromatic rings. The fourth-order valence-electron chi connectivity index (χ4n) is 3.85. The van der Waals surface area contributed by atoms with E-state index >= 15 is 0 Å². The Labute approximate surface area is 208 Å². The SMILES string of the molecule is C=C/C=C(\CC)C(=O)O[C@@H](C/C=C(C)/C=C(\C)[C@@H](OC)[C@@H](/C=C(/C)[C@@H](O)CC=C)CC)C(C)C. The van der Waals surface area contributed by atoms with Gasteiger partial charge in [-0.25, -0.2) is 4.79 Å². The van der Waals surface area contributed by atoms with Crippen LogP contribution in [-0.2, 0) is 14.3 Å². The number of allylic oxidation sites excluding steroid dienone is 4. The zero-order chi connectivity index (χ0) is 26.3.